The van der Waals surface area contributed by atoms with Gasteiger partial charge in [-0.3, -0.25) is 9.59 Å². The van der Waals surface area contributed by atoms with E-state index in [4.69, 9.17) is 5.73 Å². The van der Waals surface area contributed by atoms with Gasteiger partial charge in [0, 0.05) is 33.5 Å². The largest absolute Gasteiger partial charge is 0.398 e. The smallest absolute Gasteiger partial charge is 0.194 e. The molecule has 2 aromatic carbocycles. The summed E-state index contributed by atoms with van der Waals surface area (Å²) in [5.74, 6) is -0.156. The molecule has 0 radical (unpaired) electrons. The van der Waals surface area contributed by atoms with E-state index < -0.39 is 0 Å². The average molecular weight is 305 g/mol. The minimum atomic E-state index is -0.107. The SMILES string of the molecule is CCCCC1=C(c2ccccc2N)C(=O)c2ccccc2C1=O. The first kappa shape index (κ1) is 15.2. The van der Waals surface area contributed by atoms with Crippen LogP contribution in [-0.2, 0) is 0 Å². The number of nitrogen functional groups attached to an aromatic ring is 1. The van der Waals surface area contributed by atoms with E-state index in [9.17, 15) is 9.59 Å². The van der Waals surface area contributed by atoms with Gasteiger partial charge in [-0.05, 0) is 18.9 Å². The summed E-state index contributed by atoms with van der Waals surface area (Å²) in [7, 11) is 0. The number of unbranched alkanes of at least 4 members (excludes halogenated alkanes) is 1. The lowest BCUT2D eigenvalue weighted by Crippen LogP contribution is -2.22. The predicted octanol–water partition coefficient (Wildman–Crippen LogP) is 4.29. The van der Waals surface area contributed by atoms with Gasteiger partial charge in [0.25, 0.3) is 0 Å². The van der Waals surface area contributed by atoms with Crippen molar-refractivity contribution in [3.63, 3.8) is 0 Å². The second-order valence-corrected chi connectivity index (χ2v) is 5.75. The molecule has 0 aliphatic heterocycles. The second kappa shape index (κ2) is 6.21. The van der Waals surface area contributed by atoms with Crippen LogP contribution < -0.4 is 5.73 Å². The van der Waals surface area contributed by atoms with Crippen molar-refractivity contribution in [2.75, 3.05) is 5.73 Å². The highest BCUT2D eigenvalue weighted by Gasteiger charge is 2.32. The summed E-state index contributed by atoms with van der Waals surface area (Å²) in [5, 5.41) is 0. The van der Waals surface area contributed by atoms with Gasteiger partial charge in [-0.25, -0.2) is 0 Å². The van der Waals surface area contributed by atoms with Gasteiger partial charge in [-0.2, -0.15) is 0 Å². The van der Waals surface area contributed by atoms with Gasteiger partial charge in [-0.1, -0.05) is 55.8 Å². The fraction of sp³-hybridized carbons (Fsp3) is 0.200. The highest BCUT2D eigenvalue weighted by atomic mass is 16.1. The predicted molar refractivity (Wildman–Crippen MR) is 92.4 cm³/mol. The summed E-state index contributed by atoms with van der Waals surface area (Å²) in [6, 6.07) is 14.3. The number of rotatable bonds is 4. The number of allylic oxidation sites excluding steroid dienone is 2. The number of nitrogens with two attached hydrogens (primary N) is 1. The van der Waals surface area contributed by atoms with E-state index in [0.29, 0.717) is 39.9 Å². The Kier molecular flexibility index (Phi) is 4.11. The summed E-state index contributed by atoms with van der Waals surface area (Å²) < 4.78 is 0. The van der Waals surface area contributed by atoms with Crippen LogP contribution in [0.25, 0.3) is 5.57 Å². The molecular weight excluding hydrogens is 286 g/mol. The van der Waals surface area contributed by atoms with E-state index in [-0.39, 0.29) is 11.6 Å². The Hall–Kier alpha value is -2.68. The number of hydrogen-bond acceptors (Lipinski definition) is 3. The Balaban J connectivity index is 2.24. The molecule has 2 N–H and O–H groups in total. The molecule has 3 nitrogen and oxygen atoms in total. The monoisotopic (exact) mass is 305 g/mol. The van der Waals surface area contributed by atoms with Gasteiger partial charge in [0.15, 0.2) is 11.6 Å². The number of Topliss-reactive ketones (excluding diaryl/α,β-unsaturated/α-hetero) is 2. The van der Waals surface area contributed by atoms with Crippen LogP contribution in [0.4, 0.5) is 5.69 Å². The number of fused-ring (bicyclic) bond motifs is 1. The number of anilines is 1. The minimum absolute atomic E-state index is 0.0492. The minimum Gasteiger partial charge on any atom is -0.398 e. The molecule has 0 aromatic heterocycles. The van der Waals surface area contributed by atoms with Crippen molar-refractivity contribution in [1.82, 2.24) is 0 Å². The number of benzene rings is 2. The molecule has 0 saturated carbocycles. The van der Waals surface area contributed by atoms with E-state index in [1.54, 1.807) is 30.3 Å². The van der Waals surface area contributed by atoms with Crippen LogP contribution in [0.3, 0.4) is 0 Å². The zero-order chi connectivity index (χ0) is 16.4. The van der Waals surface area contributed by atoms with Crippen molar-refractivity contribution in [2.45, 2.75) is 26.2 Å². The maximum absolute atomic E-state index is 13.0. The van der Waals surface area contributed by atoms with Crippen LogP contribution in [0.15, 0.2) is 54.1 Å². The van der Waals surface area contributed by atoms with Crippen molar-refractivity contribution in [1.29, 1.82) is 0 Å². The van der Waals surface area contributed by atoms with Gasteiger partial charge >= 0.3 is 0 Å². The molecule has 3 rings (SSSR count). The lowest BCUT2D eigenvalue weighted by Gasteiger charge is -2.22. The molecule has 0 spiro atoms. The summed E-state index contributed by atoms with van der Waals surface area (Å²) >= 11 is 0. The molecule has 0 bridgehead atoms. The highest BCUT2D eigenvalue weighted by Crippen LogP contribution is 2.36. The third kappa shape index (κ3) is 2.59. The first-order valence-corrected chi connectivity index (χ1v) is 7.91. The molecule has 0 saturated heterocycles. The zero-order valence-electron chi connectivity index (χ0n) is 13.1. The van der Waals surface area contributed by atoms with Crippen LogP contribution in [0.2, 0.25) is 0 Å². The Morgan fingerprint density at radius 2 is 1.39 bits per heavy atom. The van der Waals surface area contributed by atoms with Crippen molar-refractivity contribution in [2.24, 2.45) is 0 Å². The number of ketones is 2. The molecule has 0 atom stereocenters. The Morgan fingerprint density at radius 1 is 0.826 bits per heavy atom. The molecular formula is C20H19NO2. The number of para-hydroxylation sites is 1. The van der Waals surface area contributed by atoms with Gasteiger partial charge in [0.1, 0.15) is 0 Å². The van der Waals surface area contributed by atoms with Gasteiger partial charge in [0.05, 0.1) is 0 Å². The van der Waals surface area contributed by atoms with Gasteiger partial charge in [0.2, 0.25) is 0 Å². The average Bonchev–Trinajstić information content (AvgIpc) is 2.58. The molecule has 0 amide bonds. The van der Waals surface area contributed by atoms with Crippen LogP contribution in [0.5, 0.6) is 0 Å². The summed E-state index contributed by atoms with van der Waals surface area (Å²) in [4.78, 5) is 25.9. The Morgan fingerprint density at radius 3 is 2.00 bits per heavy atom. The molecule has 3 heteroatoms. The summed E-state index contributed by atoms with van der Waals surface area (Å²) in [5.41, 5.74) is 9.29. The highest BCUT2D eigenvalue weighted by molar-refractivity contribution is 6.41. The molecule has 116 valence electrons. The topological polar surface area (TPSA) is 60.2 Å². The quantitative estimate of drug-likeness (QED) is 0.857. The lowest BCUT2D eigenvalue weighted by molar-refractivity contribution is 0.0988. The number of hydrogen-bond donors (Lipinski definition) is 1. The van der Waals surface area contributed by atoms with E-state index in [1.807, 2.05) is 18.2 Å². The molecule has 0 unspecified atom stereocenters. The third-order valence-electron chi connectivity index (χ3n) is 4.23. The van der Waals surface area contributed by atoms with Gasteiger partial charge < -0.3 is 5.73 Å². The number of carbonyl (C=O) groups is 2. The van der Waals surface area contributed by atoms with Crippen LogP contribution >= 0.6 is 0 Å². The first-order valence-electron chi connectivity index (χ1n) is 7.91. The standard InChI is InChI=1S/C20H19NO2/c1-2-3-8-16-18(15-11-6-7-12-17(15)21)20(23)14-10-5-4-9-13(14)19(16)22/h4-7,9-12H,2-3,8,21H2,1H3. The van der Waals surface area contributed by atoms with Crippen molar-refractivity contribution >= 4 is 22.8 Å². The Labute approximate surface area is 135 Å². The maximum atomic E-state index is 13.0. The lowest BCUT2D eigenvalue weighted by atomic mass is 9.79. The van der Waals surface area contributed by atoms with Gasteiger partial charge in [-0.15, -0.1) is 0 Å². The molecule has 1 aliphatic carbocycles. The van der Waals surface area contributed by atoms with E-state index >= 15 is 0 Å². The van der Waals surface area contributed by atoms with Crippen molar-refractivity contribution in [3.8, 4) is 0 Å². The van der Waals surface area contributed by atoms with Crippen molar-refractivity contribution < 1.29 is 9.59 Å². The van der Waals surface area contributed by atoms with E-state index in [0.717, 1.165) is 12.8 Å². The van der Waals surface area contributed by atoms with Crippen LogP contribution in [0, 0.1) is 0 Å². The number of carbonyl (C=O) groups excluding carboxylic acids is 2. The summed E-state index contributed by atoms with van der Waals surface area (Å²) in [6.45, 7) is 2.07. The molecule has 1 aliphatic rings. The van der Waals surface area contributed by atoms with E-state index in [1.165, 1.54) is 0 Å². The maximum Gasteiger partial charge on any atom is 0.194 e. The fourth-order valence-corrected chi connectivity index (χ4v) is 3.03. The molecule has 23 heavy (non-hydrogen) atoms. The molecule has 2 aromatic rings. The van der Waals surface area contributed by atoms with E-state index in [2.05, 4.69) is 6.92 Å². The van der Waals surface area contributed by atoms with Crippen LogP contribution in [-0.4, -0.2) is 11.6 Å². The molecule has 0 heterocycles. The second-order valence-electron chi connectivity index (χ2n) is 5.75. The zero-order valence-corrected chi connectivity index (χ0v) is 13.1. The first-order chi connectivity index (χ1) is 11.1. The van der Waals surface area contributed by atoms with Crippen LogP contribution in [0.1, 0.15) is 52.5 Å². The normalized spacial score (nSPS) is 14.1. The molecule has 0 fully saturated rings. The third-order valence-corrected chi connectivity index (χ3v) is 4.23. The van der Waals surface area contributed by atoms with Crippen molar-refractivity contribution in [3.05, 3.63) is 70.8 Å². The Bertz CT molecular complexity index is 818. The summed E-state index contributed by atoms with van der Waals surface area (Å²) in [6.07, 6.45) is 2.43. The fourth-order valence-electron chi connectivity index (χ4n) is 3.03.